The van der Waals surface area contributed by atoms with Gasteiger partial charge in [-0.1, -0.05) is 12.2 Å². The van der Waals surface area contributed by atoms with Crippen molar-refractivity contribution >= 4 is 0 Å². The Hall–Kier alpha value is -0.340. The number of piperidine rings is 1. The van der Waals surface area contributed by atoms with Crippen molar-refractivity contribution in [1.29, 1.82) is 0 Å². The topological polar surface area (TPSA) is 15.3 Å². The Balaban J connectivity index is 1.52. The molecule has 0 aromatic carbocycles. The molecule has 1 saturated carbocycles. The van der Waals surface area contributed by atoms with Crippen LogP contribution < -0.4 is 5.32 Å². The van der Waals surface area contributed by atoms with Crippen LogP contribution in [0.2, 0.25) is 0 Å². The Bertz CT molecular complexity index is 325. The summed E-state index contributed by atoms with van der Waals surface area (Å²) >= 11 is 0. The molecule has 3 aliphatic rings. The highest BCUT2D eigenvalue weighted by atomic mass is 15.1. The number of allylic oxidation sites excluding steroid dienone is 2. The molecule has 6 unspecified atom stereocenters. The van der Waals surface area contributed by atoms with E-state index < -0.39 is 0 Å². The summed E-state index contributed by atoms with van der Waals surface area (Å²) in [5.74, 6) is 2.68. The summed E-state index contributed by atoms with van der Waals surface area (Å²) in [4.78, 5) is 2.49. The van der Waals surface area contributed by atoms with Crippen molar-refractivity contribution in [2.24, 2.45) is 17.8 Å². The van der Waals surface area contributed by atoms with E-state index in [-0.39, 0.29) is 0 Å². The number of hydrogen-bond donors (Lipinski definition) is 1. The molecule has 0 spiro atoms. The van der Waals surface area contributed by atoms with Gasteiger partial charge in [0.1, 0.15) is 0 Å². The first kappa shape index (κ1) is 12.7. The second kappa shape index (κ2) is 4.97. The summed E-state index contributed by atoms with van der Waals surface area (Å²) in [5, 5.41) is 3.94. The van der Waals surface area contributed by atoms with Crippen molar-refractivity contribution in [3.63, 3.8) is 0 Å². The molecular weight excluding hydrogens is 220 g/mol. The van der Waals surface area contributed by atoms with Crippen molar-refractivity contribution in [2.75, 3.05) is 13.6 Å². The van der Waals surface area contributed by atoms with Crippen LogP contribution in [0.4, 0.5) is 0 Å². The minimum atomic E-state index is 0.700. The number of likely N-dealkylation sites (tertiary alicyclic amines) is 1. The first-order chi connectivity index (χ1) is 8.63. The van der Waals surface area contributed by atoms with Gasteiger partial charge in [-0.15, -0.1) is 0 Å². The van der Waals surface area contributed by atoms with Crippen molar-refractivity contribution in [3.05, 3.63) is 12.2 Å². The molecule has 102 valence electrons. The van der Waals surface area contributed by atoms with Gasteiger partial charge < -0.3 is 10.2 Å². The summed E-state index contributed by atoms with van der Waals surface area (Å²) in [6.45, 7) is 6.03. The fourth-order valence-electron chi connectivity index (χ4n) is 4.33. The largest absolute Gasteiger partial charge is 0.311 e. The molecular formula is C16H28N2. The Morgan fingerprint density at radius 3 is 2.67 bits per heavy atom. The van der Waals surface area contributed by atoms with Crippen molar-refractivity contribution in [2.45, 2.75) is 57.7 Å². The van der Waals surface area contributed by atoms with E-state index >= 15 is 0 Å². The molecule has 0 aromatic rings. The van der Waals surface area contributed by atoms with E-state index in [1.54, 1.807) is 0 Å². The van der Waals surface area contributed by atoms with Crippen LogP contribution in [0.25, 0.3) is 0 Å². The van der Waals surface area contributed by atoms with Gasteiger partial charge in [-0.3, -0.25) is 0 Å². The fraction of sp³-hybridized carbons (Fsp3) is 0.875. The lowest BCUT2D eigenvalue weighted by Crippen LogP contribution is -2.50. The van der Waals surface area contributed by atoms with Gasteiger partial charge in [-0.05, 0) is 70.9 Å². The molecule has 6 atom stereocenters. The van der Waals surface area contributed by atoms with E-state index in [0.29, 0.717) is 6.04 Å². The number of rotatable bonds is 3. The van der Waals surface area contributed by atoms with Gasteiger partial charge >= 0.3 is 0 Å². The number of hydrogen-bond acceptors (Lipinski definition) is 2. The average molecular weight is 248 g/mol. The third kappa shape index (κ3) is 2.37. The summed E-state index contributed by atoms with van der Waals surface area (Å²) in [6, 6.07) is 2.18. The SMILES string of the molecule is CC(NC1CCN(C)C(C)C1)C1CC2C=CC1C2. The minimum Gasteiger partial charge on any atom is -0.311 e. The third-order valence-corrected chi connectivity index (χ3v) is 5.68. The molecule has 1 heterocycles. The lowest BCUT2D eigenvalue weighted by Gasteiger charge is -2.38. The van der Waals surface area contributed by atoms with Gasteiger partial charge in [0.25, 0.3) is 0 Å². The molecule has 0 radical (unpaired) electrons. The quantitative estimate of drug-likeness (QED) is 0.773. The van der Waals surface area contributed by atoms with E-state index in [1.807, 2.05) is 0 Å². The van der Waals surface area contributed by atoms with Gasteiger partial charge in [0.15, 0.2) is 0 Å². The van der Waals surface area contributed by atoms with Crippen LogP contribution in [0.3, 0.4) is 0 Å². The Morgan fingerprint density at radius 1 is 1.22 bits per heavy atom. The molecule has 18 heavy (non-hydrogen) atoms. The van der Waals surface area contributed by atoms with Gasteiger partial charge in [-0.25, -0.2) is 0 Å². The lowest BCUT2D eigenvalue weighted by atomic mass is 9.86. The predicted molar refractivity (Wildman–Crippen MR) is 76.6 cm³/mol. The van der Waals surface area contributed by atoms with Crippen LogP contribution in [0, 0.1) is 17.8 Å². The van der Waals surface area contributed by atoms with Crippen LogP contribution in [0.1, 0.15) is 39.5 Å². The maximum atomic E-state index is 3.94. The first-order valence-corrected chi connectivity index (χ1v) is 7.78. The predicted octanol–water partition coefficient (Wildman–Crippen LogP) is 2.66. The summed E-state index contributed by atoms with van der Waals surface area (Å²) in [7, 11) is 2.25. The van der Waals surface area contributed by atoms with Crippen LogP contribution in [-0.4, -0.2) is 36.6 Å². The summed E-state index contributed by atoms with van der Waals surface area (Å²) in [6.07, 6.45) is 10.4. The fourth-order valence-corrected chi connectivity index (χ4v) is 4.33. The van der Waals surface area contributed by atoms with Crippen molar-refractivity contribution in [3.8, 4) is 0 Å². The molecule has 3 rings (SSSR count). The monoisotopic (exact) mass is 248 g/mol. The molecule has 2 nitrogen and oxygen atoms in total. The highest BCUT2D eigenvalue weighted by Crippen LogP contribution is 2.45. The zero-order chi connectivity index (χ0) is 12.7. The number of nitrogens with zero attached hydrogens (tertiary/aromatic N) is 1. The minimum absolute atomic E-state index is 0.700. The Labute approximate surface area is 112 Å². The van der Waals surface area contributed by atoms with Crippen LogP contribution in [0.15, 0.2) is 12.2 Å². The average Bonchev–Trinajstić information content (AvgIpc) is 2.96. The number of nitrogens with one attached hydrogen (secondary N) is 1. The molecule has 2 fully saturated rings. The highest BCUT2D eigenvalue weighted by molar-refractivity contribution is 5.11. The van der Waals surface area contributed by atoms with Crippen molar-refractivity contribution < 1.29 is 0 Å². The van der Waals surface area contributed by atoms with E-state index in [0.717, 1.165) is 29.8 Å². The zero-order valence-electron chi connectivity index (χ0n) is 12.1. The van der Waals surface area contributed by atoms with Gasteiger partial charge in [0.2, 0.25) is 0 Å². The number of fused-ring (bicyclic) bond motifs is 2. The van der Waals surface area contributed by atoms with Gasteiger partial charge in [-0.2, -0.15) is 0 Å². The normalized spacial score (nSPS) is 45.6. The van der Waals surface area contributed by atoms with Gasteiger partial charge in [0, 0.05) is 18.1 Å². The zero-order valence-corrected chi connectivity index (χ0v) is 12.1. The lowest BCUT2D eigenvalue weighted by molar-refractivity contribution is 0.154. The van der Waals surface area contributed by atoms with Crippen LogP contribution >= 0.6 is 0 Å². The third-order valence-electron chi connectivity index (χ3n) is 5.68. The molecule has 1 saturated heterocycles. The second-order valence-electron chi connectivity index (χ2n) is 6.95. The Kier molecular flexibility index (Phi) is 3.50. The molecule has 2 aliphatic carbocycles. The smallest absolute Gasteiger partial charge is 0.00966 e. The molecule has 2 heteroatoms. The molecule has 1 aliphatic heterocycles. The highest BCUT2D eigenvalue weighted by Gasteiger charge is 2.39. The maximum Gasteiger partial charge on any atom is 0.00966 e. The Morgan fingerprint density at radius 2 is 2.06 bits per heavy atom. The van der Waals surface area contributed by atoms with E-state index in [1.165, 1.54) is 32.2 Å². The van der Waals surface area contributed by atoms with Crippen LogP contribution in [-0.2, 0) is 0 Å². The summed E-state index contributed by atoms with van der Waals surface area (Å²) < 4.78 is 0. The second-order valence-corrected chi connectivity index (χ2v) is 6.95. The summed E-state index contributed by atoms with van der Waals surface area (Å²) in [5.41, 5.74) is 0. The first-order valence-electron chi connectivity index (χ1n) is 7.78. The molecule has 2 bridgehead atoms. The maximum absolute atomic E-state index is 3.94. The van der Waals surface area contributed by atoms with Crippen LogP contribution in [0.5, 0.6) is 0 Å². The van der Waals surface area contributed by atoms with E-state index in [4.69, 9.17) is 0 Å². The molecule has 0 aromatic heterocycles. The van der Waals surface area contributed by atoms with E-state index in [2.05, 4.69) is 43.3 Å². The standard InChI is InChI=1S/C16H28N2/c1-11-8-15(6-7-18(11)3)17-12(2)16-10-13-4-5-14(16)9-13/h4-5,11-17H,6-10H2,1-3H3. The molecule has 0 amide bonds. The van der Waals surface area contributed by atoms with Crippen molar-refractivity contribution in [1.82, 2.24) is 10.2 Å². The van der Waals surface area contributed by atoms with Gasteiger partial charge in [0.05, 0.1) is 0 Å². The molecule has 1 N–H and O–H groups in total. The van der Waals surface area contributed by atoms with E-state index in [9.17, 15) is 0 Å².